The Bertz CT molecular complexity index is 1160. The molecule has 0 aromatic heterocycles. The van der Waals surface area contributed by atoms with Gasteiger partial charge in [-0.3, -0.25) is 9.59 Å². The molecule has 0 aliphatic carbocycles. The van der Waals surface area contributed by atoms with Gasteiger partial charge in [0.25, 0.3) is 0 Å². The third-order valence-electron chi connectivity index (χ3n) is 7.43. The van der Waals surface area contributed by atoms with Gasteiger partial charge in [-0.1, -0.05) is 66.7 Å². The van der Waals surface area contributed by atoms with Crippen LogP contribution in [-0.4, -0.2) is 73.1 Å². The third-order valence-corrected chi connectivity index (χ3v) is 7.43. The Balaban J connectivity index is 3.31. The molecular weight excluding hydrogens is 546 g/mol. The number of hydrogen-bond donors (Lipinski definition) is 2. The second-order valence-electron chi connectivity index (χ2n) is 14.1. The van der Waals surface area contributed by atoms with Gasteiger partial charge in [-0.25, -0.2) is 9.59 Å². The van der Waals surface area contributed by atoms with E-state index in [0.717, 1.165) is 5.56 Å². The number of benzene rings is 1. The van der Waals surface area contributed by atoms with Gasteiger partial charge in [-0.15, -0.1) is 0 Å². The Morgan fingerprint density at radius 2 is 1.47 bits per heavy atom. The summed E-state index contributed by atoms with van der Waals surface area (Å²) in [4.78, 5) is 54.2. The molecule has 1 aromatic rings. The van der Waals surface area contributed by atoms with E-state index in [1.54, 1.807) is 51.1 Å². The normalized spacial score (nSPS) is 14.9. The lowest BCUT2D eigenvalue weighted by molar-refractivity contribution is -0.141. The van der Waals surface area contributed by atoms with Crippen molar-refractivity contribution < 1.29 is 28.7 Å². The number of nitrogens with one attached hydrogen (secondary N) is 2. The largest absolute Gasteiger partial charge is 0.463 e. The molecule has 2 N–H and O–H groups in total. The molecule has 9 heteroatoms. The highest BCUT2D eigenvalue weighted by atomic mass is 16.6. The van der Waals surface area contributed by atoms with Crippen LogP contribution in [0.25, 0.3) is 0 Å². The number of amides is 2. The van der Waals surface area contributed by atoms with Gasteiger partial charge in [0.2, 0.25) is 11.8 Å². The Hall–Kier alpha value is -3.20. The molecule has 0 heterocycles. The lowest BCUT2D eigenvalue weighted by Crippen LogP contribution is -2.61. The molecule has 0 saturated heterocycles. The SMILES string of the molecule is CCOC(=O)/C(C)=C/C(C(C)C)N(C)C(=O)C(NC(=O)C(NC)C(C)(C)c1ccc(C(=O)OC(C)(C)C)cc1)C(C)(C)C. The molecule has 3 atom stereocenters. The van der Waals surface area contributed by atoms with Gasteiger partial charge >= 0.3 is 11.9 Å². The van der Waals surface area contributed by atoms with Crippen LogP contribution in [0, 0.1) is 11.3 Å². The maximum atomic E-state index is 14.0. The van der Waals surface area contributed by atoms with E-state index < -0.39 is 46.5 Å². The number of rotatable bonds is 12. The van der Waals surface area contributed by atoms with Crippen LogP contribution in [0.3, 0.4) is 0 Å². The number of likely N-dealkylation sites (N-methyl/N-ethyl adjacent to an activating group) is 2. The number of nitrogens with zero attached hydrogens (tertiary/aromatic N) is 1. The number of carbonyl (C=O) groups is 4. The highest BCUT2D eigenvalue weighted by molar-refractivity contribution is 5.92. The molecule has 43 heavy (non-hydrogen) atoms. The van der Waals surface area contributed by atoms with Crippen molar-refractivity contribution in [2.75, 3.05) is 20.7 Å². The van der Waals surface area contributed by atoms with Crippen LogP contribution < -0.4 is 10.6 Å². The maximum absolute atomic E-state index is 14.0. The summed E-state index contributed by atoms with van der Waals surface area (Å²) in [7, 11) is 3.40. The zero-order valence-corrected chi connectivity index (χ0v) is 28.8. The molecular formula is C34H55N3O6. The highest BCUT2D eigenvalue weighted by Crippen LogP contribution is 2.30. The fourth-order valence-electron chi connectivity index (χ4n) is 4.90. The van der Waals surface area contributed by atoms with Crippen LogP contribution in [0.5, 0.6) is 0 Å². The molecule has 1 aromatic carbocycles. The quantitative estimate of drug-likeness (QED) is 0.255. The average Bonchev–Trinajstić information content (AvgIpc) is 2.88. The van der Waals surface area contributed by atoms with E-state index in [4.69, 9.17) is 9.47 Å². The third kappa shape index (κ3) is 10.5. The molecule has 0 aliphatic heterocycles. The summed E-state index contributed by atoms with van der Waals surface area (Å²) < 4.78 is 10.6. The fraction of sp³-hybridized carbons (Fsp3) is 0.647. The molecule has 0 aliphatic rings. The van der Waals surface area contributed by atoms with Crippen molar-refractivity contribution in [3.05, 3.63) is 47.0 Å². The minimum Gasteiger partial charge on any atom is -0.463 e. The lowest BCUT2D eigenvalue weighted by atomic mass is 9.76. The average molecular weight is 602 g/mol. The van der Waals surface area contributed by atoms with Crippen LogP contribution in [0.15, 0.2) is 35.9 Å². The predicted molar refractivity (Wildman–Crippen MR) is 171 cm³/mol. The van der Waals surface area contributed by atoms with Crippen molar-refractivity contribution in [1.82, 2.24) is 15.5 Å². The summed E-state index contributed by atoms with van der Waals surface area (Å²) in [5, 5.41) is 6.17. The van der Waals surface area contributed by atoms with Gasteiger partial charge < -0.3 is 25.0 Å². The predicted octanol–water partition coefficient (Wildman–Crippen LogP) is 5.03. The van der Waals surface area contributed by atoms with Crippen molar-refractivity contribution in [2.24, 2.45) is 11.3 Å². The second kappa shape index (κ2) is 15.0. The summed E-state index contributed by atoms with van der Waals surface area (Å²) in [5.41, 5.74) is -0.239. The van der Waals surface area contributed by atoms with Crippen LogP contribution >= 0.6 is 0 Å². The van der Waals surface area contributed by atoms with Crippen molar-refractivity contribution >= 4 is 23.8 Å². The van der Waals surface area contributed by atoms with Crippen LogP contribution in [0.4, 0.5) is 0 Å². The summed E-state index contributed by atoms with van der Waals surface area (Å²) in [6.45, 7) is 22.7. The minimum absolute atomic E-state index is 0.00212. The van der Waals surface area contributed by atoms with Crippen molar-refractivity contribution in [3.8, 4) is 0 Å². The Morgan fingerprint density at radius 3 is 1.88 bits per heavy atom. The zero-order valence-electron chi connectivity index (χ0n) is 28.8. The Morgan fingerprint density at radius 1 is 0.930 bits per heavy atom. The zero-order chi connectivity index (χ0) is 33.5. The van der Waals surface area contributed by atoms with E-state index in [1.807, 2.05) is 81.4 Å². The smallest absolute Gasteiger partial charge is 0.338 e. The molecule has 9 nitrogen and oxygen atoms in total. The van der Waals surface area contributed by atoms with Crippen molar-refractivity contribution in [1.29, 1.82) is 0 Å². The number of ether oxygens (including phenoxy) is 2. The van der Waals surface area contributed by atoms with Gasteiger partial charge in [0, 0.05) is 18.0 Å². The second-order valence-corrected chi connectivity index (χ2v) is 14.1. The molecule has 0 radical (unpaired) electrons. The summed E-state index contributed by atoms with van der Waals surface area (Å²) in [6.07, 6.45) is 1.75. The summed E-state index contributed by atoms with van der Waals surface area (Å²) in [6, 6.07) is 5.11. The first kappa shape index (κ1) is 37.8. The van der Waals surface area contributed by atoms with E-state index in [1.165, 1.54) is 0 Å². The molecule has 0 spiro atoms. The Labute approximate surface area is 259 Å². The monoisotopic (exact) mass is 601 g/mol. The molecule has 242 valence electrons. The first-order chi connectivity index (χ1) is 19.6. The topological polar surface area (TPSA) is 114 Å². The Kier molecular flexibility index (Phi) is 13.2. The summed E-state index contributed by atoms with van der Waals surface area (Å²) >= 11 is 0. The molecule has 1 rings (SSSR count). The highest BCUT2D eigenvalue weighted by Gasteiger charge is 2.41. The van der Waals surface area contributed by atoms with Gasteiger partial charge in [-0.05, 0) is 70.7 Å². The number of esters is 2. The van der Waals surface area contributed by atoms with Crippen molar-refractivity contribution in [3.63, 3.8) is 0 Å². The number of carbonyl (C=O) groups excluding carboxylic acids is 4. The van der Waals surface area contributed by atoms with Gasteiger partial charge in [0.05, 0.1) is 24.3 Å². The first-order valence-electron chi connectivity index (χ1n) is 15.0. The van der Waals surface area contributed by atoms with Gasteiger partial charge in [0.15, 0.2) is 0 Å². The molecule has 2 amide bonds. The number of hydrogen-bond acceptors (Lipinski definition) is 7. The maximum Gasteiger partial charge on any atom is 0.338 e. The summed E-state index contributed by atoms with van der Waals surface area (Å²) in [5.74, 6) is -1.43. The van der Waals surface area contributed by atoms with Crippen molar-refractivity contribution in [2.45, 2.75) is 112 Å². The molecule has 0 saturated carbocycles. The first-order valence-corrected chi connectivity index (χ1v) is 15.0. The lowest BCUT2D eigenvalue weighted by Gasteiger charge is -2.40. The van der Waals surface area contributed by atoms with E-state index in [2.05, 4.69) is 10.6 Å². The molecule has 0 bridgehead atoms. The van der Waals surface area contributed by atoms with Gasteiger partial charge in [0.1, 0.15) is 11.6 Å². The van der Waals surface area contributed by atoms with Crippen LogP contribution in [0.1, 0.15) is 99.0 Å². The van der Waals surface area contributed by atoms with Crippen LogP contribution in [0.2, 0.25) is 0 Å². The molecule has 0 fully saturated rings. The molecule has 3 unspecified atom stereocenters. The standard InChI is InChI=1S/C34H55N3O6/c1-15-42-30(40)22(4)20-25(21(2)3)37(14)29(39)27(32(5,6)7)36-28(38)26(35-13)34(11,12)24-18-16-23(17-19-24)31(41)43-33(8,9)10/h16-21,25-27,35H,15H2,1-14H3,(H,36,38)/b22-20+. The van der Waals surface area contributed by atoms with E-state index in [9.17, 15) is 19.2 Å². The van der Waals surface area contributed by atoms with Crippen LogP contribution in [-0.2, 0) is 29.3 Å². The fourth-order valence-corrected chi connectivity index (χ4v) is 4.90. The van der Waals surface area contributed by atoms with Gasteiger partial charge in [-0.2, -0.15) is 0 Å². The van der Waals surface area contributed by atoms with E-state index >= 15 is 0 Å². The minimum atomic E-state index is -0.844. The van der Waals surface area contributed by atoms with E-state index in [0.29, 0.717) is 11.1 Å². The van der Waals surface area contributed by atoms with E-state index in [-0.39, 0.29) is 24.3 Å².